The number of carbonyl (C=O) groups is 5. The fourth-order valence-electron chi connectivity index (χ4n) is 5.17. The predicted octanol–water partition coefficient (Wildman–Crippen LogP) is 4.62. The number of benzene rings is 1. The minimum atomic E-state index is -1.18. The lowest BCUT2D eigenvalue weighted by atomic mass is 9.83. The summed E-state index contributed by atoms with van der Waals surface area (Å²) < 4.78 is 22.7. The molecule has 0 amide bonds. The largest absolute Gasteiger partial charge is 0.493 e. The van der Waals surface area contributed by atoms with Gasteiger partial charge in [0.05, 0.1) is 55.7 Å². The molecular weight excluding hydrogens is 588 g/mol. The summed E-state index contributed by atoms with van der Waals surface area (Å²) in [6.07, 6.45) is 9.39. The van der Waals surface area contributed by atoms with Crippen molar-refractivity contribution < 1.29 is 58.2 Å². The van der Waals surface area contributed by atoms with Crippen LogP contribution in [0.4, 0.5) is 0 Å². The Kier molecular flexibility index (Phi) is 13.4. The van der Waals surface area contributed by atoms with Crippen LogP contribution in [-0.2, 0) is 28.7 Å². The van der Waals surface area contributed by atoms with Crippen LogP contribution in [0.5, 0.6) is 11.5 Å². The number of rotatable bonds is 17. The Morgan fingerprint density at radius 2 is 1.00 bits per heavy atom. The lowest BCUT2D eigenvalue weighted by Gasteiger charge is -2.25. The molecule has 246 valence electrons. The van der Waals surface area contributed by atoms with Crippen molar-refractivity contribution in [2.75, 3.05) is 26.4 Å². The minimum absolute atomic E-state index is 0.0190. The molecule has 0 saturated heterocycles. The zero-order valence-corrected chi connectivity index (χ0v) is 25.6. The van der Waals surface area contributed by atoms with Gasteiger partial charge in [0, 0.05) is 17.9 Å². The van der Waals surface area contributed by atoms with E-state index in [9.17, 15) is 39.3 Å². The molecule has 3 N–H and O–H groups in total. The molecule has 45 heavy (non-hydrogen) atoms. The monoisotopic (exact) mass is 630 g/mol. The Hall–Kier alpha value is -4.35. The number of aliphatic carboxylic acids is 2. The molecule has 0 bridgehead atoms. The molecule has 12 heteroatoms. The van der Waals surface area contributed by atoms with Crippen molar-refractivity contribution in [2.24, 2.45) is 35.5 Å². The average molecular weight is 631 g/mol. The van der Waals surface area contributed by atoms with Crippen molar-refractivity contribution in [3.63, 3.8) is 0 Å². The molecule has 0 aromatic heterocycles. The van der Waals surface area contributed by atoms with Gasteiger partial charge in [-0.05, 0) is 50.7 Å². The number of carboxylic acid groups (broad SMARTS) is 3. The van der Waals surface area contributed by atoms with Crippen LogP contribution >= 0.6 is 0 Å². The third-order valence-corrected chi connectivity index (χ3v) is 8.28. The molecule has 1 aromatic carbocycles. The van der Waals surface area contributed by atoms with Gasteiger partial charge in [-0.2, -0.15) is 0 Å². The van der Waals surface area contributed by atoms with Crippen molar-refractivity contribution in [3.05, 3.63) is 48.1 Å². The number of hydrogen-bond donors (Lipinski definition) is 3. The maximum absolute atomic E-state index is 12.6. The number of aromatic carboxylic acids is 1. The first-order chi connectivity index (χ1) is 21.5. The molecule has 0 fully saturated rings. The van der Waals surface area contributed by atoms with Crippen molar-refractivity contribution in [1.82, 2.24) is 0 Å². The van der Waals surface area contributed by atoms with E-state index in [2.05, 4.69) is 0 Å². The van der Waals surface area contributed by atoms with Crippen LogP contribution < -0.4 is 9.47 Å². The maximum atomic E-state index is 12.6. The van der Waals surface area contributed by atoms with Gasteiger partial charge >= 0.3 is 29.8 Å². The van der Waals surface area contributed by atoms with Gasteiger partial charge in [0.2, 0.25) is 0 Å². The van der Waals surface area contributed by atoms with E-state index < -0.39 is 53.5 Å². The van der Waals surface area contributed by atoms with E-state index >= 15 is 0 Å². The fourth-order valence-corrected chi connectivity index (χ4v) is 5.17. The highest BCUT2D eigenvalue weighted by molar-refractivity contribution is 5.88. The third-order valence-electron chi connectivity index (χ3n) is 8.28. The first kappa shape index (κ1) is 35.1. The molecular formula is C33H42O12. The van der Waals surface area contributed by atoms with Gasteiger partial charge < -0.3 is 34.3 Å². The van der Waals surface area contributed by atoms with Gasteiger partial charge in [-0.25, -0.2) is 4.79 Å². The molecule has 0 saturated carbocycles. The number of carboxylic acids is 3. The highest BCUT2D eigenvalue weighted by Gasteiger charge is 2.36. The summed E-state index contributed by atoms with van der Waals surface area (Å²) in [5, 5.41) is 28.5. The molecule has 3 rings (SSSR count). The van der Waals surface area contributed by atoms with E-state index in [0.29, 0.717) is 25.7 Å². The van der Waals surface area contributed by atoms with Crippen molar-refractivity contribution in [1.29, 1.82) is 0 Å². The molecule has 6 unspecified atom stereocenters. The van der Waals surface area contributed by atoms with E-state index in [4.69, 9.17) is 18.9 Å². The normalized spacial score (nSPS) is 22.1. The lowest BCUT2D eigenvalue weighted by Crippen LogP contribution is -2.33. The van der Waals surface area contributed by atoms with Gasteiger partial charge in [-0.3, -0.25) is 19.2 Å². The molecule has 0 radical (unpaired) electrons. The number of esters is 2. The molecule has 0 spiro atoms. The highest BCUT2D eigenvalue weighted by Crippen LogP contribution is 2.29. The smallest absolute Gasteiger partial charge is 0.335 e. The molecule has 12 nitrogen and oxygen atoms in total. The fraction of sp³-hybridized carbons (Fsp3) is 0.545. The summed E-state index contributed by atoms with van der Waals surface area (Å²) in [6.45, 7) is 4.03. The Morgan fingerprint density at radius 1 is 0.622 bits per heavy atom. The molecule has 6 atom stereocenters. The summed E-state index contributed by atoms with van der Waals surface area (Å²) in [5.74, 6) is -7.52. The molecule has 0 heterocycles. The Bertz CT molecular complexity index is 1180. The van der Waals surface area contributed by atoms with E-state index in [1.165, 1.54) is 12.1 Å². The van der Waals surface area contributed by atoms with Crippen molar-refractivity contribution >= 4 is 29.8 Å². The molecule has 0 aliphatic heterocycles. The van der Waals surface area contributed by atoms with Crippen molar-refractivity contribution in [2.45, 2.75) is 52.4 Å². The summed E-state index contributed by atoms with van der Waals surface area (Å²) in [4.78, 5) is 60.1. The zero-order valence-electron chi connectivity index (χ0n) is 25.6. The predicted molar refractivity (Wildman–Crippen MR) is 160 cm³/mol. The Labute approximate surface area is 262 Å². The van der Waals surface area contributed by atoms with Gasteiger partial charge in [0.25, 0.3) is 0 Å². The SMILES string of the molecule is CCC(COC(=O)C1CC=CCC1C(=O)O)COc1cc(OCC(CC)COC(=O)C2CC=CCC2C(=O)O)cc(C(=O)O)c1. The highest BCUT2D eigenvalue weighted by atomic mass is 16.5. The van der Waals surface area contributed by atoms with E-state index in [1.54, 1.807) is 30.4 Å². The summed E-state index contributed by atoms with van der Waals surface area (Å²) in [5.41, 5.74) is -0.0587. The first-order valence-electron chi connectivity index (χ1n) is 15.3. The van der Waals surface area contributed by atoms with Crippen LogP contribution in [0.3, 0.4) is 0 Å². The molecule has 2 aliphatic rings. The van der Waals surface area contributed by atoms with Crippen LogP contribution in [0.2, 0.25) is 0 Å². The molecule has 1 aromatic rings. The number of ether oxygens (including phenoxy) is 4. The standard InChI is InChI=1S/C33H42O12/c1-3-20(18-44-32(40)27-11-7-5-9-25(27)30(36)37)16-42-23-13-22(29(34)35)14-24(15-23)43-17-21(4-2)19-45-33(41)28-12-8-6-10-26(28)31(38)39/h5-8,13-15,20-21,25-28H,3-4,9-12,16-19H2,1-2H3,(H,34,35)(H,36,37)(H,38,39). The van der Waals surface area contributed by atoms with Gasteiger partial charge in [0.15, 0.2) is 0 Å². The van der Waals surface area contributed by atoms with Gasteiger partial charge in [0.1, 0.15) is 11.5 Å². The topological polar surface area (TPSA) is 183 Å². The second kappa shape index (κ2) is 17.2. The van der Waals surface area contributed by atoms with E-state index in [1.807, 2.05) is 13.8 Å². The summed E-state index contributed by atoms with van der Waals surface area (Å²) in [6, 6.07) is 4.26. The second-order valence-electron chi connectivity index (χ2n) is 11.4. The first-order valence-corrected chi connectivity index (χ1v) is 15.3. The summed E-state index contributed by atoms with van der Waals surface area (Å²) >= 11 is 0. The minimum Gasteiger partial charge on any atom is -0.493 e. The van der Waals surface area contributed by atoms with Gasteiger partial charge in [-0.1, -0.05) is 38.2 Å². The number of hydrogen-bond acceptors (Lipinski definition) is 9. The van der Waals surface area contributed by atoms with Crippen LogP contribution in [0, 0.1) is 35.5 Å². The van der Waals surface area contributed by atoms with E-state index in [0.717, 1.165) is 0 Å². The van der Waals surface area contributed by atoms with Crippen LogP contribution in [0.15, 0.2) is 42.5 Å². The second-order valence-corrected chi connectivity index (χ2v) is 11.4. The van der Waals surface area contributed by atoms with E-state index in [-0.39, 0.29) is 68.2 Å². The van der Waals surface area contributed by atoms with Gasteiger partial charge in [-0.15, -0.1) is 0 Å². The quantitative estimate of drug-likeness (QED) is 0.161. The average Bonchev–Trinajstić information content (AvgIpc) is 3.04. The van der Waals surface area contributed by atoms with Crippen LogP contribution in [0.1, 0.15) is 62.7 Å². The zero-order chi connectivity index (χ0) is 32.9. The van der Waals surface area contributed by atoms with Crippen LogP contribution in [0.25, 0.3) is 0 Å². The number of carbonyl (C=O) groups excluding carboxylic acids is 2. The summed E-state index contributed by atoms with van der Waals surface area (Å²) in [7, 11) is 0. The maximum Gasteiger partial charge on any atom is 0.335 e. The Morgan fingerprint density at radius 3 is 1.33 bits per heavy atom. The lowest BCUT2D eigenvalue weighted by molar-refractivity contribution is -0.159. The third kappa shape index (κ3) is 10.4. The number of allylic oxidation sites excluding steroid dienone is 4. The molecule has 2 aliphatic carbocycles. The van der Waals surface area contributed by atoms with Crippen LogP contribution in [-0.4, -0.2) is 71.6 Å². The van der Waals surface area contributed by atoms with Crippen molar-refractivity contribution in [3.8, 4) is 11.5 Å². The Balaban J connectivity index is 1.55.